The number of aromatic nitrogens is 1. The third-order valence-electron chi connectivity index (χ3n) is 6.93. The lowest BCUT2D eigenvalue weighted by atomic mass is 10.1. The van der Waals surface area contributed by atoms with E-state index in [0.29, 0.717) is 40.8 Å². The molecule has 2 aliphatic heterocycles. The number of aliphatic imine (C=N–C) groups is 2. The van der Waals surface area contributed by atoms with Crippen molar-refractivity contribution in [1.29, 1.82) is 0 Å². The van der Waals surface area contributed by atoms with Gasteiger partial charge in [0, 0.05) is 48.5 Å². The minimum Gasteiger partial charge on any atom is -0.356 e. The van der Waals surface area contributed by atoms with Crippen LogP contribution in [-0.2, 0) is 4.79 Å². The van der Waals surface area contributed by atoms with Crippen LogP contribution in [0.1, 0.15) is 10.4 Å². The number of likely N-dealkylation sites (N-methyl/N-ethyl adjacent to an activating group) is 2. The van der Waals surface area contributed by atoms with Gasteiger partial charge in [0.15, 0.2) is 0 Å². The molecule has 1 fully saturated rings. The molecule has 0 saturated carbocycles. The van der Waals surface area contributed by atoms with Gasteiger partial charge in [0.05, 0.1) is 0 Å². The van der Waals surface area contributed by atoms with E-state index in [1.807, 2.05) is 43.3 Å². The largest absolute Gasteiger partial charge is 0.356 e. The Labute approximate surface area is 244 Å². The van der Waals surface area contributed by atoms with Gasteiger partial charge in [-0.25, -0.2) is 9.98 Å². The molecular formula is C30H33N9O3. The van der Waals surface area contributed by atoms with Gasteiger partial charge < -0.3 is 30.9 Å². The van der Waals surface area contributed by atoms with Crippen LogP contribution in [0.15, 0.2) is 95.1 Å². The molecule has 0 bridgehead atoms. The van der Waals surface area contributed by atoms with E-state index in [1.165, 1.54) is 17.3 Å². The molecule has 12 heteroatoms. The topological polar surface area (TPSA) is 143 Å². The molecule has 3 unspecified atom stereocenters. The molecule has 3 atom stereocenters. The summed E-state index contributed by atoms with van der Waals surface area (Å²) in [7, 11) is 5.56. The number of carbonyl (C=O) groups excluding carboxylic acids is 2. The number of pyridine rings is 1. The number of aliphatic hydroxyl groups is 1. The number of hydrogen-bond donors (Lipinski definition) is 3. The van der Waals surface area contributed by atoms with Gasteiger partial charge in [-0.1, -0.05) is 18.2 Å². The number of benzene rings is 2. The number of nitrogens with zero attached hydrogens (tertiary/aromatic N) is 7. The van der Waals surface area contributed by atoms with Crippen molar-refractivity contribution in [3.8, 4) is 0 Å². The Morgan fingerprint density at radius 1 is 1.05 bits per heavy atom. The van der Waals surface area contributed by atoms with E-state index < -0.39 is 18.6 Å². The molecule has 2 aliphatic rings. The third kappa shape index (κ3) is 5.91. The third-order valence-corrected chi connectivity index (χ3v) is 6.93. The Morgan fingerprint density at radius 2 is 1.83 bits per heavy atom. The van der Waals surface area contributed by atoms with Crippen molar-refractivity contribution >= 4 is 46.9 Å². The van der Waals surface area contributed by atoms with Crippen molar-refractivity contribution in [2.45, 2.75) is 18.6 Å². The molecule has 1 saturated heterocycles. The summed E-state index contributed by atoms with van der Waals surface area (Å²) in [6.07, 6.45) is 4.45. The molecule has 42 heavy (non-hydrogen) atoms. The van der Waals surface area contributed by atoms with Crippen molar-refractivity contribution in [3.63, 3.8) is 0 Å². The predicted molar refractivity (Wildman–Crippen MR) is 165 cm³/mol. The minimum absolute atomic E-state index is 0.174. The number of hydrogen-bond acceptors (Lipinski definition) is 10. The normalized spacial score (nSPS) is 19.7. The summed E-state index contributed by atoms with van der Waals surface area (Å²) < 4.78 is 0. The maximum atomic E-state index is 12.8. The molecule has 2 amide bonds. The summed E-state index contributed by atoms with van der Waals surface area (Å²) in [5.41, 5.74) is 8.72. The van der Waals surface area contributed by atoms with E-state index in [-0.39, 0.29) is 11.8 Å². The first-order valence-corrected chi connectivity index (χ1v) is 13.4. The van der Waals surface area contributed by atoms with E-state index in [0.717, 1.165) is 0 Å². The van der Waals surface area contributed by atoms with Crippen molar-refractivity contribution in [2.24, 2.45) is 15.7 Å². The number of anilines is 4. The van der Waals surface area contributed by atoms with Crippen molar-refractivity contribution in [2.75, 3.05) is 47.7 Å². The Kier molecular flexibility index (Phi) is 8.38. The highest BCUT2D eigenvalue weighted by Crippen LogP contribution is 2.36. The van der Waals surface area contributed by atoms with Crippen LogP contribution in [-0.4, -0.2) is 85.2 Å². The number of fused-ring (bicyclic) bond motifs is 1. The lowest BCUT2D eigenvalue weighted by Gasteiger charge is -2.31. The lowest BCUT2D eigenvalue weighted by molar-refractivity contribution is -0.113. The first-order valence-electron chi connectivity index (χ1n) is 13.4. The summed E-state index contributed by atoms with van der Waals surface area (Å²) in [6.45, 7) is 0.647. The van der Waals surface area contributed by atoms with E-state index >= 15 is 0 Å². The van der Waals surface area contributed by atoms with Crippen LogP contribution in [0.3, 0.4) is 0 Å². The summed E-state index contributed by atoms with van der Waals surface area (Å²) in [6, 6.07) is 18.8. The molecule has 0 spiro atoms. The quantitative estimate of drug-likeness (QED) is 0.351. The van der Waals surface area contributed by atoms with E-state index in [9.17, 15) is 14.7 Å². The Morgan fingerprint density at radius 3 is 2.55 bits per heavy atom. The van der Waals surface area contributed by atoms with Crippen LogP contribution < -0.4 is 25.8 Å². The van der Waals surface area contributed by atoms with Gasteiger partial charge in [-0.3, -0.25) is 19.5 Å². The zero-order valence-corrected chi connectivity index (χ0v) is 23.6. The molecular weight excluding hydrogens is 534 g/mol. The first kappa shape index (κ1) is 28.6. The number of nitrogens with two attached hydrogens (primary N) is 1. The molecule has 3 aromatic rings. The number of carbonyl (C=O) groups is 2. The molecule has 216 valence electrons. The molecule has 0 radical (unpaired) electrons. The second-order valence-electron chi connectivity index (χ2n) is 10.1. The lowest BCUT2D eigenvalue weighted by Crippen LogP contribution is -2.50. The molecule has 4 N–H and O–H groups in total. The van der Waals surface area contributed by atoms with Crippen LogP contribution >= 0.6 is 0 Å². The van der Waals surface area contributed by atoms with Crippen LogP contribution in [0.25, 0.3) is 0 Å². The highest BCUT2D eigenvalue weighted by Gasteiger charge is 2.48. The molecule has 12 nitrogen and oxygen atoms in total. The van der Waals surface area contributed by atoms with Crippen LogP contribution in [0.4, 0.5) is 22.9 Å². The van der Waals surface area contributed by atoms with E-state index in [2.05, 4.69) is 20.3 Å². The maximum absolute atomic E-state index is 12.8. The van der Waals surface area contributed by atoms with Crippen molar-refractivity contribution < 1.29 is 14.7 Å². The number of amides is 2. The maximum Gasteiger partial charge on any atom is 0.256 e. The van der Waals surface area contributed by atoms with Crippen molar-refractivity contribution in [3.05, 3.63) is 90.6 Å². The Balaban J connectivity index is 1.40. The number of aliphatic hydroxyl groups excluding tert-OH is 1. The summed E-state index contributed by atoms with van der Waals surface area (Å²) in [5.74, 6) is 0.478. The van der Waals surface area contributed by atoms with Gasteiger partial charge in [0.2, 0.25) is 12.3 Å². The summed E-state index contributed by atoms with van der Waals surface area (Å²) in [4.78, 5) is 45.3. The zero-order chi connectivity index (χ0) is 29.8. The molecule has 2 aromatic carbocycles. The highest BCUT2D eigenvalue weighted by molar-refractivity contribution is 6.11. The first-order chi connectivity index (χ1) is 20.2. The summed E-state index contributed by atoms with van der Waals surface area (Å²) in [5, 5.41) is 14.4. The second-order valence-corrected chi connectivity index (χ2v) is 10.1. The fourth-order valence-electron chi connectivity index (χ4n) is 4.78. The van der Waals surface area contributed by atoms with Crippen LogP contribution in [0, 0.1) is 0 Å². The molecule has 0 aliphatic carbocycles. The van der Waals surface area contributed by atoms with E-state index in [4.69, 9.17) is 5.73 Å². The highest BCUT2D eigenvalue weighted by atomic mass is 16.3. The van der Waals surface area contributed by atoms with Gasteiger partial charge in [0.25, 0.3) is 5.91 Å². The molecule has 3 heterocycles. The zero-order valence-electron chi connectivity index (χ0n) is 23.6. The average Bonchev–Trinajstić information content (AvgIpc) is 3.30. The van der Waals surface area contributed by atoms with Gasteiger partial charge in [-0.2, -0.15) is 0 Å². The minimum atomic E-state index is -1.19. The van der Waals surface area contributed by atoms with Gasteiger partial charge in [0.1, 0.15) is 30.2 Å². The van der Waals surface area contributed by atoms with Crippen molar-refractivity contribution in [1.82, 2.24) is 9.88 Å². The average molecular weight is 568 g/mol. The SMILES string of the molecule is CN(C)CC=CC(=O)N(C)c1cccc(N2C3=NC=NC(N)C3N(c3ccc(C(=O)Nc4ccccn4)cc3)C2O)c1. The second kappa shape index (κ2) is 12.3. The predicted octanol–water partition coefficient (Wildman–Crippen LogP) is 2.11. The fraction of sp³-hybridized carbons (Fsp3) is 0.233. The Hall–Kier alpha value is -4.91. The van der Waals surface area contributed by atoms with E-state index in [1.54, 1.807) is 71.6 Å². The van der Waals surface area contributed by atoms with Gasteiger partial charge in [-0.05, 0) is 68.7 Å². The Bertz CT molecular complexity index is 1520. The van der Waals surface area contributed by atoms with Gasteiger partial charge in [-0.15, -0.1) is 0 Å². The standard InChI is InChI=1S/C30H33N9O3/c1-36(2)17-7-11-25(40)37(3)22-8-6-9-23(18-22)39-28-26(27(31)33-19-34-28)38(30(39)42)21-14-12-20(13-15-21)29(41)35-24-10-4-5-16-32-24/h4-16,18-19,26-27,30,42H,17,31H2,1-3H3,(H,32,35,41). The number of rotatable bonds is 8. The fourth-order valence-corrected chi connectivity index (χ4v) is 4.78. The van der Waals surface area contributed by atoms with Crippen LogP contribution in [0.5, 0.6) is 0 Å². The smallest absolute Gasteiger partial charge is 0.256 e. The monoisotopic (exact) mass is 567 g/mol. The molecule has 5 rings (SSSR count). The van der Waals surface area contributed by atoms with Crippen LogP contribution in [0.2, 0.25) is 0 Å². The molecule has 1 aromatic heterocycles. The number of nitrogens with one attached hydrogen (secondary N) is 1. The summed E-state index contributed by atoms with van der Waals surface area (Å²) >= 11 is 0. The van der Waals surface area contributed by atoms with Gasteiger partial charge >= 0.3 is 0 Å². The number of amidine groups is 1.